The van der Waals surface area contributed by atoms with Crippen molar-refractivity contribution in [1.82, 2.24) is 0 Å². The lowest BCUT2D eigenvalue weighted by atomic mass is 9.94. The van der Waals surface area contributed by atoms with E-state index in [-0.39, 0.29) is 17.2 Å². The minimum absolute atomic E-state index is 0.109. The fourth-order valence-corrected chi connectivity index (χ4v) is 4.90. The van der Waals surface area contributed by atoms with E-state index in [1.165, 1.54) is 32.1 Å². The molecule has 0 radical (unpaired) electrons. The molecule has 198 valence electrons. The number of anilines is 2. The summed E-state index contributed by atoms with van der Waals surface area (Å²) in [6.45, 7) is 1.39. The number of nitrogens with one attached hydrogen (secondary N) is 1. The van der Waals surface area contributed by atoms with Crippen molar-refractivity contribution in [1.29, 1.82) is 0 Å². The summed E-state index contributed by atoms with van der Waals surface area (Å²) in [7, 11) is 2.93. The molecule has 2 heterocycles. The van der Waals surface area contributed by atoms with Crippen LogP contribution in [0.3, 0.4) is 0 Å². The van der Waals surface area contributed by atoms with Crippen molar-refractivity contribution in [3.8, 4) is 11.5 Å². The molecule has 10 heteroatoms. The number of rotatable bonds is 7. The lowest BCUT2D eigenvalue weighted by Crippen LogP contribution is -2.31. The lowest BCUT2D eigenvalue weighted by molar-refractivity contribution is -0.117. The number of aliphatic hydroxyl groups excluding tert-OH is 1. The van der Waals surface area contributed by atoms with Gasteiger partial charge in [0.05, 0.1) is 25.8 Å². The molecule has 0 saturated heterocycles. The number of fused-ring (bicyclic) bond motifs is 1. The number of carbonyl (C=O) groups is 3. The predicted octanol–water partition coefficient (Wildman–Crippen LogP) is 5.84. The number of amides is 2. The Morgan fingerprint density at radius 2 is 1.69 bits per heavy atom. The Kier molecular flexibility index (Phi) is 6.76. The van der Waals surface area contributed by atoms with Crippen LogP contribution in [0.2, 0.25) is 5.02 Å². The van der Waals surface area contributed by atoms with Gasteiger partial charge in [-0.25, -0.2) is 0 Å². The molecule has 0 spiro atoms. The zero-order chi connectivity index (χ0) is 27.8. The highest BCUT2D eigenvalue weighted by Gasteiger charge is 2.46. The number of ketones is 1. The average molecular weight is 547 g/mol. The van der Waals surface area contributed by atoms with Crippen LogP contribution in [0.25, 0.3) is 11.0 Å². The zero-order valence-corrected chi connectivity index (χ0v) is 21.9. The Morgan fingerprint density at radius 1 is 1.00 bits per heavy atom. The highest BCUT2D eigenvalue weighted by molar-refractivity contribution is 6.31. The largest absolute Gasteiger partial charge is 0.503 e. The second-order valence-electron chi connectivity index (χ2n) is 8.78. The van der Waals surface area contributed by atoms with Gasteiger partial charge in [-0.3, -0.25) is 19.3 Å². The van der Waals surface area contributed by atoms with E-state index in [1.54, 1.807) is 60.7 Å². The first-order valence-electron chi connectivity index (χ1n) is 11.8. The summed E-state index contributed by atoms with van der Waals surface area (Å²) >= 11 is 6.18. The molecule has 0 bridgehead atoms. The molecule has 1 unspecified atom stereocenters. The molecule has 2 N–H and O–H groups in total. The minimum Gasteiger partial charge on any atom is -0.503 e. The van der Waals surface area contributed by atoms with E-state index >= 15 is 0 Å². The molecule has 1 aliphatic heterocycles. The van der Waals surface area contributed by atoms with Gasteiger partial charge in [0.25, 0.3) is 5.91 Å². The predicted molar refractivity (Wildman–Crippen MR) is 146 cm³/mol. The van der Waals surface area contributed by atoms with E-state index in [2.05, 4.69) is 5.32 Å². The van der Waals surface area contributed by atoms with Gasteiger partial charge in [-0.05, 0) is 42.5 Å². The number of aliphatic hydroxyl groups is 1. The Bertz CT molecular complexity index is 1660. The molecule has 1 aromatic heterocycles. The van der Waals surface area contributed by atoms with Crippen LogP contribution >= 0.6 is 11.6 Å². The van der Waals surface area contributed by atoms with Gasteiger partial charge in [0.1, 0.15) is 5.75 Å². The zero-order valence-electron chi connectivity index (χ0n) is 21.2. The molecule has 5 rings (SSSR count). The highest BCUT2D eigenvalue weighted by atomic mass is 35.5. The molecule has 1 atom stereocenters. The normalized spacial score (nSPS) is 15.1. The first-order valence-corrected chi connectivity index (χ1v) is 12.2. The minimum atomic E-state index is -1.05. The number of Topliss-reactive ketones (excluding diaryl/α,β-unsaturated/α-hetero) is 1. The molecule has 1 aliphatic rings. The van der Waals surface area contributed by atoms with Crippen molar-refractivity contribution >= 4 is 51.5 Å². The molecule has 0 aliphatic carbocycles. The molecular weight excluding hydrogens is 524 g/mol. The van der Waals surface area contributed by atoms with E-state index in [0.29, 0.717) is 44.4 Å². The maximum absolute atomic E-state index is 13.9. The Morgan fingerprint density at radius 3 is 2.36 bits per heavy atom. The number of benzene rings is 3. The van der Waals surface area contributed by atoms with Gasteiger partial charge in [-0.1, -0.05) is 29.8 Å². The number of ether oxygens (including phenoxy) is 2. The molecule has 0 fully saturated rings. The smallest absolute Gasteiger partial charge is 0.294 e. The average Bonchev–Trinajstić information content (AvgIpc) is 3.46. The van der Waals surface area contributed by atoms with E-state index in [4.69, 9.17) is 25.5 Å². The van der Waals surface area contributed by atoms with Crippen molar-refractivity contribution < 1.29 is 33.4 Å². The Labute approximate surface area is 228 Å². The summed E-state index contributed by atoms with van der Waals surface area (Å²) in [5.41, 5.74) is 1.50. The first kappa shape index (κ1) is 25.9. The number of furan rings is 1. The van der Waals surface area contributed by atoms with Gasteiger partial charge in [-0.2, -0.15) is 0 Å². The van der Waals surface area contributed by atoms with E-state index in [9.17, 15) is 19.5 Å². The van der Waals surface area contributed by atoms with Crippen LogP contribution in [0.1, 0.15) is 29.1 Å². The molecule has 39 heavy (non-hydrogen) atoms. The van der Waals surface area contributed by atoms with Crippen molar-refractivity contribution in [2.24, 2.45) is 0 Å². The fourth-order valence-electron chi connectivity index (χ4n) is 4.68. The van der Waals surface area contributed by atoms with Crippen molar-refractivity contribution in [2.45, 2.75) is 13.0 Å². The van der Waals surface area contributed by atoms with Crippen LogP contribution in [-0.4, -0.2) is 36.9 Å². The number of para-hydroxylation sites is 1. The number of halogens is 1. The summed E-state index contributed by atoms with van der Waals surface area (Å²) in [5, 5.41) is 14.7. The maximum Gasteiger partial charge on any atom is 0.294 e. The Hall–Kier alpha value is -4.76. The molecule has 2 amide bonds. The van der Waals surface area contributed by atoms with E-state index < -0.39 is 23.5 Å². The molecule has 0 saturated carbocycles. The quantitative estimate of drug-likeness (QED) is 0.279. The monoisotopic (exact) mass is 546 g/mol. The number of hydrogen-bond donors (Lipinski definition) is 2. The lowest BCUT2D eigenvalue weighted by Gasteiger charge is -2.28. The summed E-state index contributed by atoms with van der Waals surface area (Å²) < 4.78 is 16.7. The summed E-state index contributed by atoms with van der Waals surface area (Å²) in [5.74, 6) is -1.80. The van der Waals surface area contributed by atoms with E-state index in [1.807, 2.05) is 0 Å². The summed E-state index contributed by atoms with van der Waals surface area (Å²) in [6, 6.07) is 17.0. The molecule has 4 aromatic rings. The summed E-state index contributed by atoms with van der Waals surface area (Å²) in [6.07, 6.45) is 0. The molecule has 9 nitrogen and oxygen atoms in total. The van der Waals surface area contributed by atoms with Gasteiger partial charge in [0.2, 0.25) is 11.7 Å². The SMILES string of the molecule is COc1ccccc1C1C(C(=O)c2cc3cc(Cl)cc(OC)c3o2)=C(O)C(=O)N1c1ccc(NC(C)=O)cc1. The van der Waals surface area contributed by atoms with Gasteiger partial charge in [0, 0.05) is 40.3 Å². The van der Waals surface area contributed by atoms with Gasteiger partial charge in [0.15, 0.2) is 22.9 Å². The third kappa shape index (κ3) is 4.57. The third-order valence-corrected chi connectivity index (χ3v) is 6.56. The summed E-state index contributed by atoms with van der Waals surface area (Å²) in [4.78, 5) is 40.2. The number of carbonyl (C=O) groups excluding carboxylic acids is 3. The third-order valence-electron chi connectivity index (χ3n) is 6.34. The molecular formula is C29H23ClN2O7. The van der Waals surface area contributed by atoms with E-state index in [0.717, 1.165) is 0 Å². The maximum atomic E-state index is 13.9. The van der Waals surface area contributed by atoms with Crippen LogP contribution in [0.15, 0.2) is 82.5 Å². The van der Waals surface area contributed by atoms with Crippen LogP contribution < -0.4 is 19.7 Å². The number of nitrogens with zero attached hydrogens (tertiary/aromatic N) is 1. The standard InChI is InChI=1S/C29H23ClN2O7/c1-15(33)31-18-8-10-19(11-9-18)32-25(20-6-4-5-7-21(20)37-2)24(27(35)29(32)36)26(34)22-13-16-12-17(30)14-23(38-3)28(16)39-22/h4-14,25,35H,1-3H3,(H,31,33). The van der Waals surface area contributed by atoms with Gasteiger partial charge in [-0.15, -0.1) is 0 Å². The fraction of sp³-hybridized carbons (Fsp3) is 0.138. The highest BCUT2D eigenvalue weighted by Crippen LogP contribution is 2.45. The van der Waals surface area contributed by atoms with Gasteiger partial charge >= 0.3 is 0 Å². The second kappa shape index (κ2) is 10.2. The van der Waals surface area contributed by atoms with Crippen LogP contribution in [0, 0.1) is 0 Å². The number of methoxy groups -OCH3 is 2. The van der Waals surface area contributed by atoms with Crippen molar-refractivity contribution in [2.75, 3.05) is 24.4 Å². The van der Waals surface area contributed by atoms with Crippen molar-refractivity contribution in [3.63, 3.8) is 0 Å². The number of hydrogen-bond acceptors (Lipinski definition) is 7. The van der Waals surface area contributed by atoms with Crippen LogP contribution in [-0.2, 0) is 9.59 Å². The van der Waals surface area contributed by atoms with Crippen LogP contribution in [0.5, 0.6) is 11.5 Å². The first-order chi connectivity index (χ1) is 18.7. The molecule has 3 aromatic carbocycles. The Balaban J connectivity index is 1.65. The topological polar surface area (TPSA) is 118 Å². The van der Waals surface area contributed by atoms with Crippen molar-refractivity contribution in [3.05, 3.63) is 94.4 Å². The second-order valence-corrected chi connectivity index (χ2v) is 9.21. The van der Waals surface area contributed by atoms with Gasteiger partial charge < -0.3 is 24.3 Å². The van der Waals surface area contributed by atoms with Crippen LogP contribution in [0.4, 0.5) is 11.4 Å².